The average molecular weight is 171 g/mol. The number of nitrogens with two attached hydrogens (primary N) is 1. The van der Waals surface area contributed by atoms with Gasteiger partial charge in [0, 0.05) is 6.04 Å². The van der Waals surface area contributed by atoms with Gasteiger partial charge in [-0.05, 0) is 11.8 Å². The zero-order valence-electron chi connectivity index (χ0n) is 6.54. The summed E-state index contributed by atoms with van der Waals surface area (Å²) < 4.78 is 1.35. The molecule has 0 spiro atoms. The second kappa shape index (κ2) is 3.26. The minimum Gasteiger partial charge on any atom is -0.358 e. The van der Waals surface area contributed by atoms with Gasteiger partial charge < -0.3 is 15.8 Å². The first-order valence-electron chi connectivity index (χ1n) is 3.39. The number of hydrogen-bond donors (Lipinski definition) is 1. The molecular formula is C5H9N5O2. The smallest absolute Gasteiger partial charge is 0.358 e. The van der Waals surface area contributed by atoms with Crippen molar-refractivity contribution >= 4 is 5.82 Å². The quantitative estimate of drug-likeness (QED) is 0.489. The Kier molecular flexibility index (Phi) is 2.34. The lowest BCUT2D eigenvalue weighted by Crippen LogP contribution is -2.22. The third-order valence-electron chi connectivity index (χ3n) is 1.19. The summed E-state index contributed by atoms with van der Waals surface area (Å²) in [4.78, 5) is 9.57. The minimum atomic E-state index is -0.593. The van der Waals surface area contributed by atoms with Gasteiger partial charge in [-0.2, -0.15) is 0 Å². The van der Waals surface area contributed by atoms with Gasteiger partial charge >= 0.3 is 5.82 Å². The third kappa shape index (κ3) is 1.99. The minimum absolute atomic E-state index is 0.0914. The van der Waals surface area contributed by atoms with E-state index < -0.39 is 4.92 Å². The first-order chi connectivity index (χ1) is 5.59. The molecule has 1 rings (SSSR count). The molecule has 0 saturated carbocycles. The van der Waals surface area contributed by atoms with Crippen LogP contribution in [-0.4, -0.2) is 26.0 Å². The van der Waals surface area contributed by atoms with Crippen LogP contribution in [-0.2, 0) is 6.54 Å². The van der Waals surface area contributed by atoms with Crippen molar-refractivity contribution in [2.24, 2.45) is 5.73 Å². The molecule has 12 heavy (non-hydrogen) atoms. The molecule has 0 aliphatic rings. The number of aromatic nitrogens is 3. The molecule has 0 saturated heterocycles. The Morgan fingerprint density at radius 3 is 3.00 bits per heavy atom. The monoisotopic (exact) mass is 171 g/mol. The van der Waals surface area contributed by atoms with Gasteiger partial charge in [-0.3, -0.25) is 0 Å². The maximum absolute atomic E-state index is 10.2. The van der Waals surface area contributed by atoms with Crippen LogP contribution in [0, 0.1) is 10.1 Å². The molecule has 1 heterocycles. The highest BCUT2D eigenvalue weighted by molar-refractivity contribution is 5.08. The van der Waals surface area contributed by atoms with Crippen LogP contribution < -0.4 is 5.73 Å². The van der Waals surface area contributed by atoms with E-state index in [9.17, 15) is 10.1 Å². The van der Waals surface area contributed by atoms with Crippen molar-refractivity contribution in [2.45, 2.75) is 19.5 Å². The molecule has 1 atom stereocenters. The van der Waals surface area contributed by atoms with Crippen molar-refractivity contribution in [1.82, 2.24) is 15.0 Å². The van der Waals surface area contributed by atoms with Crippen molar-refractivity contribution in [2.75, 3.05) is 0 Å². The van der Waals surface area contributed by atoms with Gasteiger partial charge in [-0.15, -0.1) is 0 Å². The van der Waals surface area contributed by atoms with Gasteiger partial charge in [-0.25, -0.2) is 4.68 Å². The van der Waals surface area contributed by atoms with Crippen LogP contribution in [0.4, 0.5) is 5.82 Å². The first-order valence-corrected chi connectivity index (χ1v) is 3.39. The maximum Gasteiger partial charge on any atom is 0.410 e. The number of hydrogen-bond acceptors (Lipinski definition) is 5. The van der Waals surface area contributed by atoms with Gasteiger partial charge in [0.25, 0.3) is 0 Å². The van der Waals surface area contributed by atoms with Gasteiger partial charge in [0.05, 0.1) is 11.8 Å². The van der Waals surface area contributed by atoms with Gasteiger partial charge in [0.15, 0.2) is 0 Å². The van der Waals surface area contributed by atoms with Crippen LogP contribution >= 0.6 is 0 Å². The van der Waals surface area contributed by atoms with Crippen LogP contribution in [0.2, 0.25) is 0 Å². The standard InChI is InChI=1S/C5H9N5O2/c1-4(6)2-9-3-5(7-8-9)10(11)12/h3-4H,2,6H2,1H3. The van der Waals surface area contributed by atoms with E-state index >= 15 is 0 Å². The first kappa shape index (κ1) is 8.60. The Hall–Kier alpha value is -1.50. The van der Waals surface area contributed by atoms with Gasteiger partial charge in [0.1, 0.15) is 11.3 Å². The fraction of sp³-hybridized carbons (Fsp3) is 0.600. The Morgan fingerprint density at radius 1 is 1.92 bits per heavy atom. The highest BCUT2D eigenvalue weighted by Gasteiger charge is 2.12. The van der Waals surface area contributed by atoms with E-state index in [2.05, 4.69) is 10.3 Å². The maximum atomic E-state index is 10.2. The Labute approximate surface area is 68.3 Å². The van der Waals surface area contributed by atoms with E-state index in [1.54, 1.807) is 6.92 Å². The molecule has 1 aromatic heterocycles. The van der Waals surface area contributed by atoms with Crippen LogP contribution in [0.15, 0.2) is 6.20 Å². The summed E-state index contributed by atoms with van der Waals surface area (Å²) in [6.45, 7) is 2.22. The molecule has 7 heteroatoms. The predicted molar refractivity (Wildman–Crippen MR) is 40.3 cm³/mol. The Bertz CT molecular complexity index is 281. The second-order valence-electron chi connectivity index (χ2n) is 2.53. The van der Waals surface area contributed by atoms with Gasteiger partial charge in [0.2, 0.25) is 0 Å². The summed E-state index contributed by atoms with van der Waals surface area (Å²) in [5.74, 6) is -0.254. The topological polar surface area (TPSA) is 99.9 Å². The fourth-order valence-electron chi connectivity index (χ4n) is 0.756. The average Bonchev–Trinajstić information content (AvgIpc) is 2.34. The molecule has 0 aromatic carbocycles. The molecule has 0 bridgehead atoms. The number of nitrogens with zero attached hydrogens (tertiary/aromatic N) is 4. The summed E-state index contributed by atoms with van der Waals surface area (Å²) in [5.41, 5.74) is 5.45. The zero-order chi connectivity index (χ0) is 9.14. The van der Waals surface area contributed by atoms with Crippen LogP contribution in [0.3, 0.4) is 0 Å². The lowest BCUT2D eigenvalue weighted by atomic mass is 10.4. The van der Waals surface area contributed by atoms with E-state index in [-0.39, 0.29) is 11.9 Å². The van der Waals surface area contributed by atoms with Crippen molar-refractivity contribution in [1.29, 1.82) is 0 Å². The van der Waals surface area contributed by atoms with Crippen molar-refractivity contribution in [3.05, 3.63) is 16.3 Å². The fourth-order valence-corrected chi connectivity index (χ4v) is 0.756. The lowest BCUT2D eigenvalue weighted by Gasteiger charge is -2.00. The summed E-state index contributed by atoms with van der Waals surface area (Å²) in [5, 5.41) is 17.0. The van der Waals surface area contributed by atoms with Crippen molar-refractivity contribution in [3.63, 3.8) is 0 Å². The number of nitro groups is 1. The molecule has 0 fully saturated rings. The summed E-state index contributed by atoms with van der Waals surface area (Å²) in [6, 6.07) is -0.0914. The van der Waals surface area contributed by atoms with Gasteiger partial charge in [-0.1, -0.05) is 0 Å². The summed E-state index contributed by atoms with van der Waals surface area (Å²) in [6.07, 6.45) is 1.25. The molecule has 0 aliphatic carbocycles. The second-order valence-corrected chi connectivity index (χ2v) is 2.53. The molecule has 1 aromatic rings. The molecule has 0 amide bonds. The number of rotatable bonds is 3. The van der Waals surface area contributed by atoms with E-state index in [0.717, 1.165) is 0 Å². The molecule has 66 valence electrons. The molecule has 7 nitrogen and oxygen atoms in total. The summed E-state index contributed by atoms with van der Waals surface area (Å²) in [7, 11) is 0. The molecular weight excluding hydrogens is 162 g/mol. The third-order valence-corrected chi connectivity index (χ3v) is 1.19. The predicted octanol–water partition coefficient (Wildman–Crippen LogP) is -0.467. The van der Waals surface area contributed by atoms with Crippen LogP contribution in [0.1, 0.15) is 6.92 Å². The van der Waals surface area contributed by atoms with E-state index in [1.165, 1.54) is 10.9 Å². The largest absolute Gasteiger partial charge is 0.410 e. The van der Waals surface area contributed by atoms with Crippen molar-refractivity contribution < 1.29 is 4.92 Å². The summed E-state index contributed by atoms with van der Waals surface area (Å²) >= 11 is 0. The highest BCUT2D eigenvalue weighted by Crippen LogP contribution is 2.02. The molecule has 0 aliphatic heterocycles. The molecule has 1 unspecified atom stereocenters. The molecule has 2 N–H and O–H groups in total. The van der Waals surface area contributed by atoms with E-state index in [1.807, 2.05) is 0 Å². The SMILES string of the molecule is CC(N)Cn1cc([N+](=O)[O-])nn1. The van der Waals surface area contributed by atoms with Crippen LogP contribution in [0.25, 0.3) is 0 Å². The lowest BCUT2D eigenvalue weighted by molar-refractivity contribution is -0.389. The zero-order valence-corrected chi connectivity index (χ0v) is 6.54. The van der Waals surface area contributed by atoms with Crippen LogP contribution in [0.5, 0.6) is 0 Å². The molecule has 0 radical (unpaired) electrons. The van der Waals surface area contributed by atoms with E-state index in [0.29, 0.717) is 6.54 Å². The van der Waals surface area contributed by atoms with Crippen molar-refractivity contribution in [3.8, 4) is 0 Å². The highest BCUT2D eigenvalue weighted by atomic mass is 16.6. The normalized spacial score (nSPS) is 12.8. The Balaban J connectivity index is 2.71. The Morgan fingerprint density at radius 2 is 2.58 bits per heavy atom. The van der Waals surface area contributed by atoms with E-state index in [4.69, 9.17) is 5.73 Å².